The lowest BCUT2D eigenvalue weighted by molar-refractivity contribution is 0.0600. The summed E-state index contributed by atoms with van der Waals surface area (Å²) in [5, 5.41) is 19.8. The molecule has 1 atom stereocenters. The maximum Gasteiger partial charge on any atom is 0.339 e. The molecule has 0 aliphatic carbocycles. The average molecular weight is 458 g/mol. The Morgan fingerprint density at radius 1 is 1.21 bits per heavy atom. The number of β-amino-alcohol motifs (C(OH)–C–C–N with tert-alkyl or cyclic N) is 1. The smallest absolute Gasteiger partial charge is 0.339 e. The lowest BCUT2D eigenvalue weighted by Crippen LogP contribution is -2.48. The second-order valence-electron chi connectivity index (χ2n) is 7.11. The van der Waals surface area contributed by atoms with Crippen LogP contribution in [0.4, 0.5) is 5.69 Å². The first kappa shape index (κ1) is 21.3. The molecule has 6 nitrogen and oxygen atoms in total. The number of hydrogen-bond acceptors (Lipinski definition) is 6. The van der Waals surface area contributed by atoms with Crippen molar-refractivity contribution in [3.05, 3.63) is 63.6 Å². The Hall–Kier alpha value is -2.40. The zero-order valence-electron chi connectivity index (χ0n) is 16.3. The van der Waals surface area contributed by atoms with Crippen molar-refractivity contribution >= 4 is 27.6 Å². The maximum absolute atomic E-state index is 11.7. The van der Waals surface area contributed by atoms with E-state index in [1.54, 1.807) is 18.2 Å². The van der Waals surface area contributed by atoms with Crippen molar-refractivity contribution in [3.8, 4) is 6.07 Å². The van der Waals surface area contributed by atoms with E-state index >= 15 is 0 Å². The van der Waals surface area contributed by atoms with Crippen LogP contribution in [0.5, 0.6) is 0 Å². The maximum atomic E-state index is 11.7. The number of rotatable bonds is 6. The first-order chi connectivity index (χ1) is 14.0. The number of hydrogen-bond donors (Lipinski definition) is 1. The van der Waals surface area contributed by atoms with Crippen molar-refractivity contribution in [1.29, 1.82) is 5.26 Å². The Balaban J connectivity index is 1.52. The lowest BCUT2D eigenvalue weighted by atomic mass is 10.0. The molecule has 7 heteroatoms. The summed E-state index contributed by atoms with van der Waals surface area (Å²) in [6.07, 6.45) is -0.104. The minimum atomic E-state index is -0.537. The highest BCUT2D eigenvalue weighted by Crippen LogP contribution is 2.20. The first-order valence-corrected chi connectivity index (χ1v) is 10.3. The third kappa shape index (κ3) is 5.57. The van der Waals surface area contributed by atoms with Gasteiger partial charge in [-0.15, -0.1) is 0 Å². The number of nitrogens with zero attached hydrogens (tertiary/aromatic N) is 3. The molecule has 3 rings (SSSR count). The van der Waals surface area contributed by atoms with Crippen molar-refractivity contribution in [2.75, 3.05) is 44.7 Å². The Kier molecular flexibility index (Phi) is 7.26. The lowest BCUT2D eigenvalue weighted by Gasteiger charge is -2.37. The summed E-state index contributed by atoms with van der Waals surface area (Å²) in [6, 6.07) is 15.4. The van der Waals surface area contributed by atoms with E-state index < -0.39 is 12.1 Å². The summed E-state index contributed by atoms with van der Waals surface area (Å²) >= 11 is 3.46. The van der Waals surface area contributed by atoms with Crippen LogP contribution < -0.4 is 4.90 Å². The molecule has 0 bridgehead atoms. The highest BCUT2D eigenvalue weighted by atomic mass is 79.9. The number of carbonyl (C=O) groups is 1. The molecule has 0 saturated carbocycles. The van der Waals surface area contributed by atoms with Crippen LogP contribution in [-0.2, 0) is 11.2 Å². The first-order valence-electron chi connectivity index (χ1n) is 9.52. The largest absolute Gasteiger partial charge is 0.465 e. The van der Waals surface area contributed by atoms with Crippen LogP contribution in [0, 0.1) is 11.3 Å². The van der Waals surface area contributed by atoms with E-state index in [0.29, 0.717) is 13.0 Å². The fourth-order valence-electron chi connectivity index (χ4n) is 3.57. The number of nitriles is 1. The van der Waals surface area contributed by atoms with Gasteiger partial charge in [-0.25, -0.2) is 4.79 Å². The second kappa shape index (κ2) is 9.88. The zero-order chi connectivity index (χ0) is 20.8. The van der Waals surface area contributed by atoms with Gasteiger partial charge in [0.1, 0.15) is 6.07 Å². The fraction of sp³-hybridized carbons (Fsp3) is 0.364. The molecule has 29 heavy (non-hydrogen) atoms. The van der Waals surface area contributed by atoms with Gasteiger partial charge in [-0.1, -0.05) is 22.0 Å². The zero-order valence-corrected chi connectivity index (χ0v) is 17.9. The number of aliphatic hydroxyl groups excluding tert-OH is 1. The summed E-state index contributed by atoms with van der Waals surface area (Å²) in [4.78, 5) is 16.3. The van der Waals surface area contributed by atoms with Crippen molar-refractivity contribution < 1.29 is 14.6 Å². The Labute approximate surface area is 179 Å². The van der Waals surface area contributed by atoms with Gasteiger partial charge in [-0.05, 0) is 48.4 Å². The van der Waals surface area contributed by atoms with Crippen molar-refractivity contribution in [1.82, 2.24) is 4.90 Å². The molecule has 0 aromatic heterocycles. The van der Waals surface area contributed by atoms with Crippen LogP contribution in [0.1, 0.15) is 21.5 Å². The molecule has 1 heterocycles. The molecular weight excluding hydrogens is 434 g/mol. The number of methoxy groups -OCH3 is 1. The molecule has 1 fully saturated rings. The molecule has 1 aliphatic heterocycles. The number of esters is 1. The summed E-state index contributed by atoms with van der Waals surface area (Å²) in [7, 11) is 1.29. The number of piperazine rings is 1. The van der Waals surface area contributed by atoms with Gasteiger partial charge in [0.15, 0.2) is 0 Å². The fourth-order valence-corrected chi connectivity index (χ4v) is 3.84. The van der Waals surface area contributed by atoms with Gasteiger partial charge in [-0.2, -0.15) is 5.26 Å². The molecule has 152 valence electrons. The highest BCUT2D eigenvalue weighted by molar-refractivity contribution is 9.10. The van der Waals surface area contributed by atoms with Gasteiger partial charge in [0.25, 0.3) is 0 Å². The molecule has 2 aromatic rings. The molecule has 0 spiro atoms. The third-order valence-electron chi connectivity index (χ3n) is 5.11. The van der Waals surface area contributed by atoms with Crippen molar-refractivity contribution in [2.24, 2.45) is 0 Å². The number of anilines is 1. The topological polar surface area (TPSA) is 76.8 Å². The minimum Gasteiger partial charge on any atom is -0.465 e. The van der Waals surface area contributed by atoms with E-state index in [0.717, 1.165) is 36.2 Å². The summed E-state index contributed by atoms with van der Waals surface area (Å²) in [6.45, 7) is 4.19. The van der Waals surface area contributed by atoms with E-state index in [2.05, 4.69) is 37.9 Å². The Bertz CT molecular complexity index is 887. The number of benzene rings is 2. The van der Waals surface area contributed by atoms with Gasteiger partial charge < -0.3 is 14.7 Å². The van der Waals surface area contributed by atoms with E-state index in [1.165, 1.54) is 12.8 Å². The van der Waals surface area contributed by atoms with Crippen LogP contribution in [0.25, 0.3) is 0 Å². The molecule has 1 N–H and O–H groups in total. The minimum absolute atomic E-state index is 0.248. The van der Waals surface area contributed by atoms with E-state index in [1.807, 2.05) is 18.2 Å². The Morgan fingerprint density at radius 2 is 1.90 bits per heavy atom. The molecule has 0 amide bonds. The van der Waals surface area contributed by atoms with Crippen LogP contribution in [0.15, 0.2) is 46.9 Å². The molecule has 1 saturated heterocycles. The predicted octanol–water partition coefficient (Wildman–Crippen LogP) is 2.83. The van der Waals surface area contributed by atoms with Gasteiger partial charge in [0.2, 0.25) is 0 Å². The monoisotopic (exact) mass is 457 g/mol. The van der Waals surface area contributed by atoms with E-state index in [-0.39, 0.29) is 11.1 Å². The highest BCUT2D eigenvalue weighted by Gasteiger charge is 2.20. The van der Waals surface area contributed by atoms with Gasteiger partial charge >= 0.3 is 5.97 Å². The van der Waals surface area contributed by atoms with E-state index in [4.69, 9.17) is 4.74 Å². The molecule has 1 aliphatic rings. The van der Waals surface area contributed by atoms with Gasteiger partial charge in [0.05, 0.1) is 24.3 Å². The molecular formula is C22H24BrN3O3. The predicted molar refractivity (Wildman–Crippen MR) is 115 cm³/mol. The summed E-state index contributed by atoms with van der Waals surface area (Å²) in [5.41, 5.74) is 2.56. The molecule has 0 radical (unpaired) electrons. The number of halogens is 1. The van der Waals surface area contributed by atoms with Crippen LogP contribution in [0.3, 0.4) is 0 Å². The molecule has 2 aromatic carbocycles. The van der Waals surface area contributed by atoms with E-state index in [9.17, 15) is 15.2 Å². The van der Waals surface area contributed by atoms with Crippen LogP contribution >= 0.6 is 15.9 Å². The third-order valence-corrected chi connectivity index (χ3v) is 5.64. The quantitative estimate of drug-likeness (QED) is 0.671. The normalized spacial score (nSPS) is 15.6. The number of ether oxygens (including phenoxy) is 1. The molecule has 1 unspecified atom stereocenters. The summed E-state index contributed by atoms with van der Waals surface area (Å²) < 4.78 is 5.77. The average Bonchev–Trinajstić information content (AvgIpc) is 2.74. The van der Waals surface area contributed by atoms with Gasteiger partial charge in [-0.3, -0.25) is 4.90 Å². The van der Waals surface area contributed by atoms with Gasteiger partial charge in [0, 0.05) is 42.9 Å². The number of aliphatic hydroxyl groups is 1. The van der Waals surface area contributed by atoms with Crippen LogP contribution in [0.2, 0.25) is 0 Å². The Morgan fingerprint density at radius 3 is 2.52 bits per heavy atom. The van der Waals surface area contributed by atoms with Crippen molar-refractivity contribution in [2.45, 2.75) is 12.5 Å². The number of carbonyl (C=O) groups excluding carboxylic acids is 1. The SMILES string of the molecule is COC(=O)c1ccc(CC(O)CN2CCN(c3ccc(Br)cc3)CC2)cc1C#N. The second-order valence-corrected chi connectivity index (χ2v) is 8.02. The van der Waals surface area contributed by atoms with Crippen LogP contribution in [-0.4, -0.2) is 61.9 Å². The van der Waals surface area contributed by atoms with Crippen molar-refractivity contribution in [3.63, 3.8) is 0 Å². The standard InChI is InChI=1S/C22H24BrN3O3/c1-29-22(28)21-7-2-16(12-17(21)14-24)13-20(27)15-25-8-10-26(11-9-25)19-5-3-18(23)4-6-19/h2-7,12,20,27H,8-11,13,15H2,1H3. The summed E-state index contributed by atoms with van der Waals surface area (Å²) in [5.74, 6) is -0.530.